The van der Waals surface area contributed by atoms with Crippen molar-refractivity contribution in [3.63, 3.8) is 0 Å². The molecule has 2 aromatic heterocycles. The molecule has 1 N–H and O–H groups in total. The van der Waals surface area contributed by atoms with E-state index in [0.717, 1.165) is 9.13 Å². The minimum atomic E-state index is -1.20. The van der Waals surface area contributed by atoms with E-state index in [0.29, 0.717) is 11.0 Å². The first-order chi connectivity index (χ1) is 14.0. The first kappa shape index (κ1) is 19.3. The third-order valence-corrected chi connectivity index (χ3v) is 5.66. The van der Waals surface area contributed by atoms with Crippen LogP contribution in [0.25, 0.3) is 11.0 Å². The van der Waals surface area contributed by atoms with Crippen molar-refractivity contribution in [3.05, 3.63) is 87.5 Å². The zero-order chi connectivity index (χ0) is 20.5. The standard InChI is InChI=1S/C21H14FIN2O4/c22-15-10-19-12(5-8-29-19)9-14(15)18(26)11-17(13-3-1-2-4-16(13)23)25-7-6-24-20(25)21(27)28/h1-10,17H,11H2,(H,27,28)/t17-/m0/s1. The van der Waals surface area contributed by atoms with Gasteiger partial charge < -0.3 is 14.1 Å². The second-order valence-corrected chi connectivity index (χ2v) is 7.58. The fraction of sp³-hybridized carbons (Fsp3) is 0.0952. The van der Waals surface area contributed by atoms with Crippen LogP contribution in [0, 0.1) is 9.39 Å². The third kappa shape index (κ3) is 3.67. The summed E-state index contributed by atoms with van der Waals surface area (Å²) in [6.45, 7) is 0. The summed E-state index contributed by atoms with van der Waals surface area (Å²) in [5, 5.41) is 10.1. The number of furan rings is 1. The van der Waals surface area contributed by atoms with Crippen LogP contribution in [-0.2, 0) is 0 Å². The smallest absolute Gasteiger partial charge is 0.372 e. The average Bonchev–Trinajstić information content (AvgIpc) is 3.35. The van der Waals surface area contributed by atoms with Gasteiger partial charge in [0.15, 0.2) is 5.78 Å². The number of Topliss-reactive ketones (excluding diaryl/α,β-unsaturated/α-hetero) is 1. The number of imidazole rings is 1. The van der Waals surface area contributed by atoms with E-state index in [-0.39, 0.29) is 17.8 Å². The molecule has 0 unspecified atom stereocenters. The number of aromatic nitrogens is 2. The summed E-state index contributed by atoms with van der Waals surface area (Å²) < 4.78 is 22.0. The maximum atomic E-state index is 14.5. The van der Waals surface area contributed by atoms with Gasteiger partial charge in [-0.2, -0.15) is 0 Å². The van der Waals surface area contributed by atoms with Crippen LogP contribution < -0.4 is 0 Å². The van der Waals surface area contributed by atoms with Crippen LogP contribution in [0.5, 0.6) is 0 Å². The molecule has 0 aliphatic rings. The number of hydrogen-bond acceptors (Lipinski definition) is 4. The van der Waals surface area contributed by atoms with Crippen molar-refractivity contribution in [2.45, 2.75) is 12.5 Å². The Labute approximate surface area is 178 Å². The van der Waals surface area contributed by atoms with Gasteiger partial charge >= 0.3 is 5.97 Å². The van der Waals surface area contributed by atoms with Crippen molar-refractivity contribution >= 4 is 45.3 Å². The van der Waals surface area contributed by atoms with Gasteiger partial charge in [-0.25, -0.2) is 14.2 Å². The van der Waals surface area contributed by atoms with Crippen LogP contribution in [0.2, 0.25) is 0 Å². The summed E-state index contributed by atoms with van der Waals surface area (Å²) in [5.41, 5.74) is 1.05. The lowest BCUT2D eigenvalue weighted by Gasteiger charge is -2.21. The largest absolute Gasteiger partial charge is 0.475 e. The molecule has 8 heteroatoms. The van der Waals surface area contributed by atoms with Crippen molar-refractivity contribution in [3.8, 4) is 0 Å². The molecule has 6 nitrogen and oxygen atoms in total. The monoisotopic (exact) mass is 504 g/mol. The molecule has 1 atom stereocenters. The van der Waals surface area contributed by atoms with Gasteiger partial charge in [-0.05, 0) is 46.4 Å². The molecular weight excluding hydrogens is 490 g/mol. The zero-order valence-corrected chi connectivity index (χ0v) is 17.0. The Morgan fingerprint density at radius 2 is 2.03 bits per heavy atom. The van der Waals surface area contributed by atoms with E-state index in [4.69, 9.17) is 4.42 Å². The highest BCUT2D eigenvalue weighted by atomic mass is 127. The Hall–Kier alpha value is -3.01. The van der Waals surface area contributed by atoms with Crippen molar-refractivity contribution in [2.24, 2.45) is 0 Å². The number of benzene rings is 2. The SMILES string of the molecule is O=C(C[C@@H](c1ccccc1I)n1ccnc1C(=O)O)c1cc2ccoc2cc1F. The molecule has 0 saturated heterocycles. The maximum Gasteiger partial charge on any atom is 0.372 e. The second kappa shape index (κ2) is 7.78. The first-order valence-electron chi connectivity index (χ1n) is 8.66. The number of nitrogens with zero attached hydrogens (tertiary/aromatic N) is 2. The van der Waals surface area contributed by atoms with Crippen molar-refractivity contribution < 1.29 is 23.5 Å². The average molecular weight is 504 g/mol. The van der Waals surface area contributed by atoms with Gasteiger partial charge in [-0.3, -0.25) is 4.79 Å². The molecule has 4 aromatic rings. The number of halogens is 2. The summed E-state index contributed by atoms with van der Waals surface area (Å²) in [7, 11) is 0. The minimum Gasteiger partial charge on any atom is -0.475 e. The van der Waals surface area contributed by atoms with Gasteiger partial charge in [-0.1, -0.05) is 18.2 Å². The number of ketones is 1. The molecule has 2 aromatic carbocycles. The van der Waals surface area contributed by atoms with E-state index in [9.17, 15) is 19.1 Å². The maximum absolute atomic E-state index is 14.5. The van der Waals surface area contributed by atoms with Crippen molar-refractivity contribution in [1.82, 2.24) is 9.55 Å². The molecule has 2 heterocycles. The van der Waals surface area contributed by atoms with E-state index in [2.05, 4.69) is 27.6 Å². The summed E-state index contributed by atoms with van der Waals surface area (Å²) in [6, 6.07) is 11.0. The molecule has 0 spiro atoms. The van der Waals surface area contributed by atoms with Crippen LogP contribution in [0.3, 0.4) is 0 Å². The molecular formula is C21H14FIN2O4. The van der Waals surface area contributed by atoms with Crippen LogP contribution in [-0.4, -0.2) is 26.4 Å². The van der Waals surface area contributed by atoms with E-state index < -0.39 is 23.6 Å². The van der Waals surface area contributed by atoms with Gasteiger partial charge in [0.05, 0.1) is 17.9 Å². The lowest BCUT2D eigenvalue weighted by atomic mass is 9.96. The van der Waals surface area contributed by atoms with Gasteiger partial charge in [0, 0.05) is 33.8 Å². The Morgan fingerprint density at radius 3 is 2.79 bits per heavy atom. The highest BCUT2D eigenvalue weighted by Crippen LogP contribution is 2.30. The van der Waals surface area contributed by atoms with Crippen molar-refractivity contribution in [1.29, 1.82) is 0 Å². The summed E-state index contributed by atoms with van der Waals surface area (Å²) in [6.07, 6.45) is 4.18. The number of carbonyl (C=O) groups excluding carboxylic acids is 1. The molecule has 4 rings (SSSR count). The number of carboxylic acid groups (broad SMARTS) is 1. The Kier molecular flexibility index (Phi) is 5.18. The number of aromatic carboxylic acids is 1. The van der Waals surface area contributed by atoms with E-state index in [1.54, 1.807) is 6.07 Å². The summed E-state index contributed by atoms with van der Waals surface area (Å²) in [4.78, 5) is 28.5. The predicted octanol–water partition coefficient (Wildman–Crippen LogP) is 4.93. The molecule has 0 amide bonds. The molecule has 146 valence electrons. The topological polar surface area (TPSA) is 85.3 Å². The van der Waals surface area contributed by atoms with E-state index in [1.165, 1.54) is 35.4 Å². The fourth-order valence-electron chi connectivity index (χ4n) is 3.32. The number of rotatable bonds is 6. The summed E-state index contributed by atoms with van der Waals surface area (Å²) >= 11 is 2.13. The number of carboxylic acids is 1. The highest BCUT2D eigenvalue weighted by Gasteiger charge is 2.26. The Balaban J connectivity index is 1.78. The van der Waals surface area contributed by atoms with E-state index >= 15 is 0 Å². The first-order valence-corrected chi connectivity index (χ1v) is 9.74. The van der Waals surface area contributed by atoms with Crippen LogP contribution in [0.15, 0.2) is 65.5 Å². The molecule has 0 saturated carbocycles. The number of hydrogen-bond donors (Lipinski definition) is 1. The van der Waals surface area contributed by atoms with Gasteiger partial charge in [0.25, 0.3) is 0 Å². The van der Waals surface area contributed by atoms with E-state index in [1.807, 2.05) is 24.3 Å². The quantitative estimate of drug-likeness (QED) is 0.297. The highest BCUT2D eigenvalue weighted by molar-refractivity contribution is 14.1. The van der Waals surface area contributed by atoms with Gasteiger partial charge in [0.1, 0.15) is 11.4 Å². The molecule has 0 aliphatic heterocycles. The van der Waals surface area contributed by atoms with Gasteiger partial charge in [0.2, 0.25) is 5.82 Å². The Morgan fingerprint density at radius 1 is 1.24 bits per heavy atom. The number of fused-ring (bicyclic) bond motifs is 1. The molecule has 0 bridgehead atoms. The molecule has 0 fully saturated rings. The van der Waals surface area contributed by atoms with Crippen LogP contribution >= 0.6 is 22.6 Å². The van der Waals surface area contributed by atoms with Crippen LogP contribution in [0.4, 0.5) is 4.39 Å². The lowest BCUT2D eigenvalue weighted by molar-refractivity contribution is 0.0674. The van der Waals surface area contributed by atoms with Crippen LogP contribution in [0.1, 0.15) is 39.0 Å². The Bertz CT molecular complexity index is 1230. The second-order valence-electron chi connectivity index (χ2n) is 6.42. The fourth-order valence-corrected chi connectivity index (χ4v) is 4.06. The summed E-state index contributed by atoms with van der Waals surface area (Å²) in [5.74, 6) is -2.51. The molecule has 0 radical (unpaired) electrons. The predicted molar refractivity (Wildman–Crippen MR) is 112 cm³/mol. The normalized spacial score (nSPS) is 12.2. The third-order valence-electron chi connectivity index (χ3n) is 4.68. The number of carbonyl (C=O) groups is 2. The zero-order valence-electron chi connectivity index (χ0n) is 14.9. The lowest BCUT2D eigenvalue weighted by Crippen LogP contribution is -2.21. The van der Waals surface area contributed by atoms with Gasteiger partial charge in [-0.15, -0.1) is 0 Å². The van der Waals surface area contributed by atoms with Crippen molar-refractivity contribution in [2.75, 3.05) is 0 Å². The molecule has 0 aliphatic carbocycles. The minimum absolute atomic E-state index is 0.0631. The molecule has 29 heavy (non-hydrogen) atoms.